The smallest absolute Gasteiger partial charge is 0.305 e. The predicted octanol–water partition coefficient (Wildman–Crippen LogP) is 3.71. The molecule has 25 heavy (non-hydrogen) atoms. The largest absolute Gasteiger partial charge is 0.372 e. The van der Waals surface area contributed by atoms with Gasteiger partial charge in [-0.25, -0.2) is 8.42 Å². The fourth-order valence-corrected chi connectivity index (χ4v) is 4.80. The van der Waals surface area contributed by atoms with E-state index in [9.17, 15) is 18.5 Å². The van der Waals surface area contributed by atoms with E-state index >= 15 is 0 Å². The van der Waals surface area contributed by atoms with E-state index in [2.05, 4.69) is 10.2 Å². The first-order chi connectivity index (χ1) is 11.8. The van der Waals surface area contributed by atoms with Gasteiger partial charge in [0.15, 0.2) is 14.8 Å². The summed E-state index contributed by atoms with van der Waals surface area (Å²) in [4.78, 5) is 13.0. The Morgan fingerprint density at radius 1 is 1.24 bits per heavy atom. The maximum absolute atomic E-state index is 11.7. The van der Waals surface area contributed by atoms with Gasteiger partial charge >= 0.3 is 5.69 Å². The molecule has 1 aromatic heterocycles. The first kappa shape index (κ1) is 17.7. The van der Waals surface area contributed by atoms with E-state index in [0.29, 0.717) is 0 Å². The number of rotatable bonds is 5. The molecule has 2 heterocycles. The van der Waals surface area contributed by atoms with Crippen molar-refractivity contribution in [3.63, 3.8) is 0 Å². The molecule has 7 nitrogen and oxygen atoms in total. The summed E-state index contributed by atoms with van der Waals surface area (Å²) in [6.45, 7) is 4.01. The summed E-state index contributed by atoms with van der Waals surface area (Å²) in [6, 6.07) is 7.02. The van der Waals surface area contributed by atoms with Crippen LogP contribution in [0.3, 0.4) is 0 Å². The summed E-state index contributed by atoms with van der Waals surface area (Å²) in [5, 5.41) is 14.5. The molecule has 134 valence electrons. The highest BCUT2D eigenvalue weighted by molar-refractivity contribution is 7.92. The zero-order valence-electron chi connectivity index (χ0n) is 14.0. The average Bonchev–Trinajstić information content (AvgIpc) is 3.18. The van der Waals surface area contributed by atoms with Gasteiger partial charge in [0.1, 0.15) is 4.21 Å². The highest BCUT2D eigenvalue weighted by Crippen LogP contribution is 2.39. The summed E-state index contributed by atoms with van der Waals surface area (Å²) in [7, 11) is -3.49. The van der Waals surface area contributed by atoms with E-state index in [1.54, 1.807) is 0 Å². The minimum atomic E-state index is -3.49. The highest BCUT2D eigenvalue weighted by Gasteiger charge is 2.24. The summed E-state index contributed by atoms with van der Waals surface area (Å²) in [6.07, 6.45) is 3.42. The van der Waals surface area contributed by atoms with Crippen LogP contribution in [0.15, 0.2) is 28.5 Å². The van der Waals surface area contributed by atoms with Gasteiger partial charge in [-0.1, -0.05) is 11.3 Å². The monoisotopic (exact) mass is 381 g/mol. The molecule has 1 fully saturated rings. The second-order valence-electron chi connectivity index (χ2n) is 6.13. The van der Waals surface area contributed by atoms with E-state index in [4.69, 9.17) is 0 Å². The standard InChI is InChI=1S/C16H19N3O4S2/c1-11-9-12(18-7-3-4-8-18)5-6-13(11)17-16-14(19(20)21)10-15(24-16)25(2,22)23/h5-6,9-10,17H,3-4,7-8H2,1-2H3. The predicted molar refractivity (Wildman–Crippen MR) is 100.0 cm³/mol. The van der Waals surface area contributed by atoms with E-state index in [-0.39, 0.29) is 14.9 Å². The van der Waals surface area contributed by atoms with Crippen LogP contribution in [-0.2, 0) is 9.84 Å². The Morgan fingerprint density at radius 3 is 2.48 bits per heavy atom. The lowest BCUT2D eigenvalue weighted by Gasteiger charge is -2.19. The van der Waals surface area contributed by atoms with Crippen LogP contribution in [0.25, 0.3) is 0 Å². The maximum atomic E-state index is 11.7. The zero-order chi connectivity index (χ0) is 18.2. The Kier molecular flexibility index (Phi) is 4.70. The molecule has 0 atom stereocenters. The van der Waals surface area contributed by atoms with E-state index in [1.807, 2.05) is 25.1 Å². The van der Waals surface area contributed by atoms with Gasteiger partial charge < -0.3 is 10.2 Å². The van der Waals surface area contributed by atoms with Gasteiger partial charge in [0.05, 0.1) is 4.92 Å². The number of nitrogens with zero attached hydrogens (tertiary/aromatic N) is 2. The van der Waals surface area contributed by atoms with Gasteiger partial charge in [0.25, 0.3) is 0 Å². The van der Waals surface area contributed by atoms with Crippen molar-refractivity contribution in [2.45, 2.75) is 24.0 Å². The zero-order valence-corrected chi connectivity index (χ0v) is 15.6. The molecule has 1 saturated heterocycles. The van der Waals surface area contributed by atoms with Crippen molar-refractivity contribution in [2.24, 2.45) is 0 Å². The summed E-state index contributed by atoms with van der Waals surface area (Å²) in [5.41, 5.74) is 2.59. The first-order valence-electron chi connectivity index (χ1n) is 7.86. The SMILES string of the molecule is Cc1cc(N2CCCC2)ccc1Nc1sc(S(C)(=O)=O)cc1[N+](=O)[O-]. The van der Waals surface area contributed by atoms with Gasteiger partial charge in [-0.2, -0.15) is 0 Å². The number of nitro groups is 1. The lowest BCUT2D eigenvalue weighted by atomic mass is 10.1. The second-order valence-corrected chi connectivity index (χ2v) is 9.42. The second kappa shape index (κ2) is 6.64. The topological polar surface area (TPSA) is 92.6 Å². The molecule has 1 N–H and O–H groups in total. The lowest BCUT2D eigenvalue weighted by molar-refractivity contribution is -0.383. The van der Waals surface area contributed by atoms with Gasteiger partial charge in [-0.3, -0.25) is 10.1 Å². The Hall–Kier alpha value is -2.13. The molecule has 1 aliphatic rings. The summed E-state index contributed by atoms with van der Waals surface area (Å²) < 4.78 is 23.4. The number of hydrogen-bond donors (Lipinski definition) is 1. The van der Waals surface area contributed by atoms with Crippen molar-refractivity contribution in [3.05, 3.63) is 39.9 Å². The number of anilines is 3. The number of hydrogen-bond acceptors (Lipinski definition) is 7. The Balaban J connectivity index is 1.91. The Morgan fingerprint density at radius 2 is 1.92 bits per heavy atom. The molecule has 0 aliphatic carbocycles. The van der Waals surface area contributed by atoms with Crippen LogP contribution in [0.4, 0.5) is 22.1 Å². The van der Waals surface area contributed by atoms with Gasteiger partial charge in [0, 0.05) is 36.8 Å². The molecule has 0 radical (unpaired) electrons. The molecular weight excluding hydrogens is 362 g/mol. The molecule has 0 spiro atoms. The van der Waals surface area contributed by atoms with Gasteiger partial charge in [-0.05, 0) is 43.5 Å². The van der Waals surface area contributed by atoms with Crippen LogP contribution in [-0.4, -0.2) is 32.7 Å². The molecule has 9 heteroatoms. The van der Waals surface area contributed by atoms with Crippen LogP contribution >= 0.6 is 11.3 Å². The van der Waals surface area contributed by atoms with E-state index in [0.717, 1.165) is 53.7 Å². The van der Waals surface area contributed by atoms with Gasteiger partial charge in [0.2, 0.25) is 0 Å². The molecule has 1 aromatic carbocycles. The number of nitrogens with one attached hydrogen (secondary N) is 1. The summed E-state index contributed by atoms with van der Waals surface area (Å²) >= 11 is 0.877. The fourth-order valence-electron chi connectivity index (χ4n) is 2.85. The van der Waals surface area contributed by atoms with Crippen molar-refractivity contribution >= 4 is 43.2 Å². The van der Waals surface area contributed by atoms with Crippen LogP contribution in [0.5, 0.6) is 0 Å². The minimum Gasteiger partial charge on any atom is -0.372 e. The number of benzene rings is 1. The maximum Gasteiger partial charge on any atom is 0.305 e. The average molecular weight is 381 g/mol. The third-order valence-electron chi connectivity index (χ3n) is 4.18. The summed E-state index contributed by atoms with van der Waals surface area (Å²) in [5.74, 6) is 0. The number of sulfone groups is 1. The Labute approximate surface area is 150 Å². The Bertz CT molecular complexity index is 915. The van der Waals surface area contributed by atoms with E-state index < -0.39 is 14.8 Å². The lowest BCUT2D eigenvalue weighted by Crippen LogP contribution is -2.17. The highest BCUT2D eigenvalue weighted by atomic mass is 32.2. The van der Waals surface area contributed by atoms with Crippen molar-refractivity contribution in [1.82, 2.24) is 0 Å². The number of aryl methyl sites for hydroxylation is 1. The molecular formula is C16H19N3O4S2. The molecule has 2 aromatic rings. The van der Waals surface area contributed by atoms with Crippen LogP contribution in [0, 0.1) is 17.0 Å². The normalized spacial score (nSPS) is 14.7. The quantitative estimate of drug-likeness (QED) is 0.627. The molecule has 0 saturated carbocycles. The van der Waals surface area contributed by atoms with Crippen LogP contribution in [0.2, 0.25) is 0 Å². The van der Waals surface area contributed by atoms with Crippen LogP contribution in [0.1, 0.15) is 18.4 Å². The van der Waals surface area contributed by atoms with E-state index in [1.165, 1.54) is 12.8 Å². The van der Waals surface area contributed by atoms with Crippen LogP contribution < -0.4 is 10.2 Å². The minimum absolute atomic E-state index is 0.0203. The molecule has 1 aliphatic heterocycles. The fraction of sp³-hybridized carbons (Fsp3) is 0.375. The van der Waals surface area contributed by atoms with Crippen molar-refractivity contribution in [3.8, 4) is 0 Å². The van der Waals surface area contributed by atoms with Crippen molar-refractivity contribution in [1.29, 1.82) is 0 Å². The third kappa shape index (κ3) is 3.77. The van der Waals surface area contributed by atoms with Crippen molar-refractivity contribution in [2.75, 3.05) is 29.6 Å². The number of thiophene rings is 1. The van der Waals surface area contributed by atoms with Crippen molar-refractivity contribution < 1.29 is 13.3 Å². The molecule has 0 bridgehead atoms. The molecule has 0 unspecified atom stereocenters. The molecule has 0 amide bonds. The first-order valence-corrected chi connectivity index (χ1v) is 10.6. The molecule has 3 rings (SSSR count). The van der Waals surface area contributed by atoms with Gasteiger partial charge in [-0.15, -0.1) is 0 Å². The third-order valence-corrected chi connectivity index (χ3v) is 7.02.